The molecule has 1 atom stereocenters. The van der Waals surface area contributed by atoms with E-state index in [9.17, 15) is 13.2 Å². The van der Waals surface area contributed by atoms with Gasteiger partial charge in [-0.2, -0.15) is 0 Å². The lowest BCUT2D eigenvalue weighted by atomic mass is 10.1. The smallest absolute Gasteiger partial charge is 0.252 e. The number of benzene rings is 2. The molecule has 2 aromatic rings. The number of carbonyl (C=O) groups is 1. The molecule has 1 N–H and O–H groups in total. The summed E-state index contributed by atoms with van der Waals surface area (Å²) in [7, 11) is -3.41. The fourth-order valence-corrected chi connectivity index (χ4v) is 4.23. The topological polar surface area (TPSA) is 66.5 Å². The molecule has 0 aliphatic carbocycles. The van der Waals surface area contributed by atoms with Crippen molar-refractivity contribution in [1.82, 2.24) is 10.2 Å². The highest BCUT2D eigenvalue weighted by molar-refractivity contribution is 7.90. The zero-order chi connectivity index (χ0) is 19.4. The number of carbonyl (C=O) groups excluding carboxylic acids is 1. The van der Waals surface area contributed by atoms with Gasteiger partial charge in [-0.25, -0.2) is 8.42 Å². The summed E-state index contributed by atoms with van der Waals surface area (Å²) < 4.78 is 23.5. The van der Waals surface area contributed by atoms with Crippen molar-refractivity contribution < 1.29 is 13.2 Å². The average Bonchev–Trinajstić information content (AvgIpc) is 3.16. The fourth-order valence-electron chi connectivity index (χ4n) is 3.38. The summed E-state index contributed by atoms with van der Waals surface area (Å²) in [6, 6.07) is 14.3. The predicted molar refractivity (Wildman–Crippen MR) is 107 cm³/mol. The third-order valence-corrected chi connectivity index (χ3v) is 6.27. The highest BCUT2D eigenvalue weighted by atomic mass is 35.5. The fraction of sp³-hybridized carbons (Fsp3) is 0.350. The molecule has 0 spiro atoms. The van der Waals surface area contributed by atoms with Crippen LogP contribution in [0.4, 0.5) is 0 Å². The minimum Gasteiger partial charge on any atom is -0.350 e. The maximum Gasteiger partial charge on any atom is 0.252 e. The number of rotatable bonds is 6. The summed E-state index contributed by atoms with van der Waals surface area (Å²) in [5.41, 5.74) is 1.32. The van der Waals surface area contributed by atoms with Crippen LogP contribution in [0, 0.1) is 0 Å². The van der Waals surface area contributed by atoms with E-state index in [4.69, 9.17) is 11.6 Å². The Hall–Kier alpha value is -1.89. The Morgan fingerprint density at radius 1 is 1.15 bits per heavy atom. The molecule has 1 amide bonds. The van der Waals surface area contributed by atoms with E-state index >= 15 is 0 Å². The Morgan fingerprint density at radius 3 is 2.44 bits per heavy atom. The molecule has 0 aromatic heterocycles. The van der Waals surface area contributed by atoms with Crippen molar-refractivity contribution in [1.29, 1.82) is 0 Å². The number of likely N-dealkylation sites (tertiary alicyclic amines) is 1. The van der Waals surface area contributed by atoms with Crippen LogP contribution in [0.5, 0.6) is 0 Å². The molecule has 0 bridgehead atoms. The van der Waals surface area contributed by atoms with E-state index in [2.05, 4.69) is 22.3 Å². The van der Waals surface area contributed by atoms with Crippen LogP contribution < -0.4 is 5.32 Å². The summed E-state index contributed by atoms with van der Waals surface area (Å²) >= 11 is 6.13. The van der Waals surface area contributed by atoms with Gasteiger partial charge in [0.25, 0.3) is 5.91 Å². The van der Waals surface area contributed by atoms with Crippen molar-refractivity contribution in [2.45, 2.75) is 23.8 Å². The maximum atomic E-state index is 12.7. The molecule has 1 aliphatic heterocycles. The van der Waals surface area contributed by atoms with Crippen molar-refractivity contribution in [2.24, 2.45) is 0 Å². The van der Waals surface area contributed by atoms with Gasteiger partial charge in [0.1, 0.15) is 0 Å². The second-order valence-electron chi connectivity index (χ2n) is 6.79. The van der Waals surface area contributed by atoms with Gasteiger partial charge in [-0.1, -0.05) is 41.9 Å². The van der Waals surface area contributed by atoms with Gasteiger partial charge < -0.3 is 5.32 Å². The van der Waals surface area contributed by atoms with Gasteiger partial charge in [0.15, 0.2) is 9.84 Å². The molecular weight excluding hydrogens is 384 g/mol. The van der Waals surface area contributed by atoms with E-state index < -0.39 is 9.84 Å². The molecule has 27 heavy (non-hydrogen) atoms. The standard InChI is InChI=1S/C20H23ClN2O3S/c1-27(25,26)16-9-10-18(21)17(13-16)20(24)22-14-19(23-11-5-6-12-23)15-7-3-2-4-8-15/h2-4,7-10,13,19H,5-6,11-12,14H2,1H3,(H,22,24). The largest absolute Gasteiger partial charge is 0.350 e. The van der Waals surface area contributed by atoms with Gasteiger partial charge in [-0.05, 0) is 49.7 Å². The summed E-state index contributed by atoms with van der Waals surface area (Å²) in [5, 5.41) is 3.17. The maximum absolute atomic E-state index is 12.7. The summed E-state index contributed by atoms with van der Waals surface area (Å²) in [5.74, 6) is -0.370. The molecule has 1 heterocycles. The first-order chi connectivity index (χ1) is 12.9. The molecule has 1 fully saturated rings. The number of amides is 1. The van der Waals surface area contributed by atoms with Crippen molar-refractivity contribution in [3.05, 3.63) is 64.7 Å². The third kappa shape index (κ3) is 4.89. The minimum atomic E-state index is -3.41. The number of nitrogens with zero attached hydrogens (tertiary/aromatic N) is 1. The molecule has 0 radical (unpaired) electrons. The molecule has 3 rings (SSSR count). The first-order valence-corrected chi connectivity index (χ1v) is 11.2. The Kier molecular flexibility index (Phi) is 6.19. The zero-order valence-corrected chi connectivity index (χ0v) is 16.8. The second kappa shape index (κ2) is 8.42. The van der Waals surface area contributed by atoms with Crippen molar-refractivity contribution in [3.8, 4) is 0 Å². The molecule has 144 valence electrons. The number of hydrogen-bond donors (Lipinski definition) is 1. The van der Waals surface area contributed by atoms with Crippen LogP contribution in [-0.2, 0) is 9.84 Å². The number of hydrogen-bond acceptors (Lipinski definition) is 4. The number of nitrogens with one attached hydrogen (secondary N) is 1. The van der Waals surface area contributed by atoms with Gasteiger partial charge in [0.2, 0.25) is 0 Å². The number of halogens is 1. The average molecular weight is 407 g/mol. The van der Waals surface area contributed by atoms with Gasteiger partial charge >= 0.3 is 0 Å². The van der Waals surface area contributed by atoms with E-state index in [1.54, 1.807) is 0 Å². The van der Waals surface area contributed by atoms with Gasteiger partial charge in [-0.3, -0.25) is 9.69 Å². The molecule has 1 unspecified atom stereocenters. The Labute approximate surface area is 165 Å². The summed E-state index contributed by atoms with van der Waals surface area (Å²) in [6.45, 7) is 2.43. The molecule has 0 saturated carbocycles. The lowest BCUT2D eigenvalue weighted by Crippen LogP contribution is -2.37. The quantitative estimate of drug-likeness (QED) is 0.799. The molecular formula is C20H23ClN2O3S. The lowest BCUT2D eigenvalue weighted by molar-refractivity contribution is 0.0938. The van der Waals surface area contributed by atoms with E-state index in [1.165, 1.54) is 18.2 Å². The van der Waals surface area contributed by atoms with Crippen LogP contribution in [-0.4, -0.2) is 45.1 Å². The van der Waals surface area contributed by atoms with Crippen LogP contribution >= 0.6 is 11.6 Å². The summed E-state index contributed by atoms with van der Waals surface area (Å²) in [6.07, 6.45) is 3.41. The van der Waals surface area contributed by atoms with E-state index in [1.807, 2.05) is 18.2 Å². The highest BCUT2D eigenvalue weighted by Crippen LogP contribution is 2.25. The minimum absolute atomic E-state index is 0.0783. The lowest BCUT2D eigenvalue weighted by Gasteiger charge is -2.28. The van der Waals surface area contributed by atoms with Gasteiger partial charge in [0, 0.05) is 12.8 Å². The normalized spacial score (nSPS) is 16.2. The zero-order valence-electron chi connectivity index (χ0n) is 15.2. The van der Waals surface area contributed by atoms with Crippen molar-refractivity contribution in [3.63, 3.8) is 0 Å². The Morgan fingerprint density at radius 2 is 1.81 bits per heavy atom. The predicted octanol–water partition coefficient (Wildman–Crippen LogP) is 3.31. The molecule has 7 heteroatoms. The van der Waals surface area contributed by atoms with E-state index in [-0.39, 0.29) is 27.4 Å². The van der Waals surface area contributed by atoms with Crippen LogP contribution in [0.3, 0.4) is 0 Å². The molecule has 5 nitrogen and oxygen atoms in total. The molecule has 1 aliphatic rings. The van der Waals surface area contributed by atoms with Crippen LogP contribution in [0.2, 0.25) is 5.02 Å². The molecule has 1 saturated heterocycles. The van der Waals surface area contributed by atoms with Crippen LogP contribution in [0.15, 0.2) is 53.4 Å². The Bertz CT molecular complexity index is 910. The number of sulfone groups is 1. The van der Waals surface area contributed by atoms with Crippen LogP contribution in [0.1, 0.15) is 34.8 Å². The SMILES string of the molecule is CS(=O)(=O)c1ccc(Cl)c(C(=O)NCC(c2ccccc2)N2CCCC2)c1. The third-order valence-electron chi connectivity index (χ3n) is 4.83. The monoisotopic (exact) mass is 406 g/mol. The van der Waals surface area contributed by atoms with Crippen molar-refractivity contribution >= 4 is 27.3 Å². The Balaban J connectivity index is 1.78. The second-order valence-corrected chi connectivity index (χ2v) is 9.22. The van der Waals surface area contributed by atoms with E-state index in [0.717, 1.165) is 37.8 Å². The summed E-state index contributed by atoms with van der Waals surface area (Å²) in [4.78, 5) is 15.1. The van der Waals surface area contributed by atoms with E-state index in [0.29, 0.717) is 6.54 Å². The first kappa shape index (κ1) is 19.9. The van der Waals surface area contributed by atoms with Gasteiger partial charge in [-0.15, -0.1) is 0 Å². The van der Waals surface area contributed by atoms with Crippen LogP contribution in [0.25, 0.3) is 0 Å². The molecule has 2 aromatic carbocycles. The highest BCUT2D eigenvalue weighted by Gasteiger charge is 2.24. The van der Waals surface area contributed by atoms with Gasteiger partial charge in [0.05, 0.1) is 21.5 Å². The first-order valence-electron chi connectivity index (χ1n) is 8.93. The van der Waals surface area contributed by atoms with Crippen molar-refractivity contribution in [2.75, 3.05) is 25.9 Å².